The van der Waals surface area contributed by atoms with Crippen molar-refractivity contribution in [3.8, 4) is 5.75 Å². The summed E-state index contributed by atoms with van der Waals surface area (Å²) in [4.78, 5) is 27.8. The number of hydrogen-bond acceptors (Lipinski definition) is 3. The van der Waals surface area contributed by atoms with Crippen molar-refractivity contribution in [3.05, 3.63) is 61.5 Å². The van der Waals surface area contributed by atoms with Crippen LogP contribution in [0.3, 0.4) is 0 Å². The van der Waals surface area contributed by atoms with E-state index in [1.807, 2.05) is 0 Å². The Morgan fingerprint density at radius 1 is 1.12 bits per heavy atom. The highest BCUT2D eigenvalue weighted by Gasteiger charge is 2.29. The van der Waals surface area contributed by atoms with E-state index in [1.54, 1.807) is 43.3 Å². The molecule has 5 nitrogen and oxygen atoms in total. The minimum atomic E-state index is -0.732. The van der Waals surface area contributed by atoms with Gasteiger partial charge in [0.05, 0.1) is 4.47 Å². The van der Waals surface area contributed by atoms with Gasteiger partial charge in [0.1, 0.15) is 11.8 Å². The van der Waals surface area contributed by atoms with E-state index in [0.29, 0.717) is 30.9 Å². The standard InChI is InChI=1S/C24H26BrCl3N2O3/c1-15(24(32)29-17-6-3-2-4-7-17)30(13-18-20(27)8-5-9-21(18)28)23(31)14-33-22-11-10-16(26)12-19(22)25/h5,8-12,15,17H,2-4,6-7,13-14H2,1H3,(H,29,32). The van der Waals surface area contributed by atoms with Gasteiger partial charge in [-0.3, -0.25) is 9.59 Å². The zero-order chi connectivity index (χ0) is 24.0. The summed E-state index contributed by atoms with van der Waals surface area (Å²) in [5.74, 6) is -0.0898. The Hall–Kier alpha value is -1.47. The Morgan fingerprint density at radius 3 is 2.42 bits per heavy atom. The molecule has 1 saturated carbocycles. The van der Waals surface area contributed by atoms with Crippen molar-refractivity contribution in [1.82, 2.24) is 10.2 Å². The van der Waals surface area contributed by atoms with Crippen LogP contribution in [0.15, 0.2) is 40.9 Å². The summed E-state index contributed by atoms with van der Waals surface area (Å²) in [6.07, 6.45) is 5.30. The molecule has 1 aliphatic carbocycles. The Morgan fingerprint density at radius 2 is 1.79 bits per heavy atom. The third-order valence-electron chi connectivity index (χ3n) is 5.75. The molecule has 3 rings (SSSR count). The van der Waals surface area contributed by atoms with Gasteiger partial charge < -0.3 is 15.0 Å². The first kappa shape index (κ1) is 26.1. The van der Waals surface area contributed by atoms with E-state index in [9.17, 15) is 9.59 Å². The van der Waals surface area contributed by atoms with E-state index in [2.05, 4.69) is 21.2 Å². The number of carbonyl (C=O) groups excluding carboxylic acids is 2. The summed E-state index contributed by atoms with van der Waals surface area (Å²) in [6.45, 7) is 1.53. The van der Waals surface area contributed by atoms with Gasteiger partial charge in [-0.25, -0.2) is 0 Å². The molecule has 2 amide bonds. The lowest BCUT2D eigenvalue weighted by atomic mass is 9.95. The average Bonchev–Trinajstić information content (AvgIpc) is 2.78. The molecular formula is C24H26BrCl3N2O3. The second kappa shape index (κ2) is 12.3. The van der Waals surface area contributed by atoms with Crippen molar-refractivity contribution >= 4 is 62.5 Å². The molecule has 1 fully saturated rings. The molecule has 0 heterocycles. The summed E-state index contributed by atoms with van der Waals surface area (Å²) in [7, 11) is 0. The fraction of sp³-hybridized carbons (Fsp3) is 0.417. The van der Waals surface area contributed by atoms with Crippen molar-refractivity contribution in [3.63, 3.8) is 0 Å². The normalized spacial score (nSPS) is 15.1. The summed E-state index contributed by atoms with van der Waals surface area (Å²) >= 11 is 22.1. The topological polar surface area (TPSA) is 58.6 Å². The number of carbonyl (C=O) groups is 2. The monoisotopic (exact) mass is 574 g/mol. The molecule has 1 N–H and O–H groups in total. The third-order valence-corrected chi connectivity index (χ3v) is 7.32. The van der Waals surface area contributed by atoms with E-state index < -0.39 is 6.04 Å². The molecule has 33 heavy (non-hydrogen) atoms. The average molecular weight is 577 g/mol. The lowest BCUT2D eigenvalue weighted by Gasteiger charge is -2.31. The highest BCUT2D eigenvalue weighted by Crippen LogP contribution is 2.29. The Labute approximate surface area is 217 Å². The largest absolute Gasteiger partial charge is 0.483 e. The maximum atomic E-state index is 13.3. The summed E-state index contributed by atoms with van der Waals surface area (Å²) < 4.78 is 6.35. The SMILES string of the molecule is CC(C(=O)NC1CCCCC1)N(Cc1c(Cl)cccc1Cl)C(=O)COc1ccc(Cl)cc1Br. The van der Waals surface area contributed by atoms with Crippen molar-refractivity contribution in [1.29, 1.82) is 0 Å². The smallest absolute Gasteiger partial charge is 0.261 e. The van der Waals surface area contributed by atoms with Gasteiger partial charge >= 0.3 is 0 Å². The molecule has 0 bridgehead atoms. The Kier molecular flexibility index (Phi) is 9.74. The molecular weight excluding hydrogens is 551 g/mol. The van der Waals surface area contributed by atoms with Gasteiger partial charge in [-0.15, -0.1) is 0 Å². The van der Waals surface area contributed by atoms with Crippen LogP contribution in [0.5, 0.6) is 5.75 Å². The maximum absolute atomic E-state index is 13.3. The molecule has 0 spiro atoms. The van der Waals surface area contributed by atoms with E-state index in [1.165, 1.54) is 11.3 Å². The van der Waals surface area contributed by atoms with E-state index in [-0.39, 0.29) is 31.0 Å². The number of hydrogen-bond donors (Lipinski definition) is 1. The van der Waals surface area contributed by atoms with Crippen molar-refractivity contribution in [2.45, 2.75) is 57.7 Å². The molecule has 0 aromatic heterocycles. The van der Waals surface area contributed by atoms with Gasteiger partial charge in [0.2, 0.25) is 5.91 Å². The van der Waals surface area contributed by atoms with Crippen LogP contribution < -0.4 is 10.1 Å². The van der Waals surface area contributed by atoms with Gasteiger partial charge in [-0.2, -0.15) is 0 Å². The van der Waals surface area contributed by atoms with Gasteiger partial charge in [-0.1, -0.05) is 60.1 Å². The first-order valence-electron chi connectivity index (χ1n) is 10.9. The molecule has 1 atom stereocenters. The molecule has 2 aromatic carbocycles. The number of benzene rings is 2. The van der Waals surface area contributed by atoms with Crippen LogP contribution in [-0.2, 0) is 16.1 Å². The van der Waals surface area contributed by atoms with E-state index >= 15 is 0 Å². The molecule has 1 aliphatic rings. The Balaban J connectivity index is 1.77. The summed E-state index contributed by atoms with van der Waals surface area (Å²) in [6, 6.07) is 9.59. The summed E-state index contributed by atoms with van der Waals surface area (Å²) in [5.41, 5.74) is 0.583. The van der Waals surface area contributed by atoms with E-state index in [4.69, 9.17) is 39.5 Å². The van der Waals surface area contributed by atoms with Crippen LogP contribution in [0.1, 0.15) is 44.6 Å². The fourth-order valence-corrected chi connectivity index (χ4v) is 5.13. The van der Waals surface area contributed by atoms with Crippen LogP contribution in [-0.4, -0.2) is 35.4 Å². The second-order valence-electron chi connectivity index (χ2n) is 8.10. The van der Waals surface area contributed by atoms with Crippen LogP contribution in [0.4, 0.5) is 0 Å². The Bertz CT molecular complexity index is 979. The van der Waals surface area contributed by atoms with Gasteiger partial charge in [0, 0.05) is 33.2 Å². The van der Waals surface area contributed by atoms with E-state index in [0.717, 1.165) is 25.7 Å². The molecule has 178 valence electrons. The highest BCUT2D eigenvalue weighted by atomic mass is 79.9. The van der Waals surface area contributed by atoms with Crippen LogP contribution in [0, 0.1) is 0 Å². The number of nitrogens with one attached hydrogen (secondary N) is 1. The van der Waals surface area contributed by atoms with Crippen molar-refractivity contribution in [2.75, 3.05) is 6.61 Å². The predicted molar refractivity (Wildman–Crippen MR) is 136 cm³/mol. The number of ether oxygens (including phenoxy) is 1. The number of rotatable bonds is 8. The van der Waals surface area contributed by atoms with Gasteiger partial charge in [0.25, 0.3) is 5.91 Å². The van der Waals surface area contributed by atoms with Gasteiger partial charge in [-0.05, 0) is 66.0 Å². The zero-order valence-corrected chi connectivity index (χ0v) is 22.1. The molecule has 9 heteroatoms. The molecule has 2 aromatic rings. The van der Waals surface area contributed by atoms with Crippen LogP contribution in [0.2, 0.25) is 15.1 Å². The number of nitrogens with zero attached hydrogens (tertiary/aromatic N) is 1. The summed E-state index contributed by atoms with van der Waals surface area (Å²) in [5, 5.41) is 4.51. The fourth-order valence-electron chi connectivity index (χ4n) is 3.82. The number of halogens is 4. The van der Waals surface area contributed by atoms with Crippen molar-refractivity contribution < 1.29 is 14.3 Å². The first-order valence-corrected chi connectivity index (χ1v) is 12.8. The number of amides is 2. The van der Waals surface area contributed by atoms with Crippen LogP contribution in [0.25, 0.3) is 0 Å². The third kappa shape index (κ3) is 7.25. The molecule has 1 unspecified atom stereocenters. The lowest BCUT2D eigenvalue weighted by molar-refractivity contribution is -0.142. The lowest BCUT2D eigenvalue weighted by Crippen LogP contribution is -2.51. The highest BCUT2D eigenvalue weighted by molar-refractivity contribution is 9.10. The first-order chi connectivity index (χ1) is 15.8. The molecule has 0 saturated heterocycles. The maximum Gasteiger partial charge on any atom is 0.261 e. The van der Waals surface area contributed by atoms with Crippen molar-refractivity contribution in [2.24, 2.45) is 0 Å². The molecule has 0 aliphatic heterocycles. The minimum absolute atomic E-state index is 0.0851. The second-order valence-corrected chi connectivity index (χ2v) is 10.2. The predicted octanol–water partition coefficient (Wildman–Crippen LogP) is 6.65. The van der Waals surface area contributed by atoms with Crippen LogP contribution >= 0.6 is 50.7 Å². The quantitative estimate of drug-likeness (QED) is 0.383. The zero-order valence-electron chi connectivity index (χ0n) is 18.3. The van der Waals surface area contributed by atoms with Gasteiger partial charge in [0.15, 0.2) is 6.61 Å². The minimum Gasteiger partial charge on any atom is -0.483 e. The molecule has 0 radical (unpaired) electrons.